The van der Waals surface area contributed by atoms with E-state index in [1.54, 1.807) is 12.1 Å². The van der Waals surface area contributed by atoms with Gasteiger partial charge in [0.1, 0.15) is 0 Å². The van der Waals surface area contributed by atoms with Gasteiger partial charge in [-0.2, -0.15) is 0 Å². The van der Waals surface area contributed by atoms with E-state index >= 15 is 4.39 Å². The summed E-state index contributed by atoms with van der Waals surface area (Å²) in [7, 11) is -9.89. The Balaban J connectivity index is 2.13. The zero-order valence-electron chi connectivity index (χ0n) is 20.0. The number of alkyl halides is 1. The first-order valence-electron chi connectivity index (χ1n) is 11.7. The van der Waals surface area contributed by atoms with E-state index in [1.165, 1.54) is 48.5 Å². The molecule has 5 nitrogen and oxygen atoms in total. The van der Waals surface area contributed by atoms with E-state index in [0.717, 1.165) is 5.56 Å². The van der Waals surface area contributed by atoms with E-state index < -0.39 is 29.9 Å². The second-order valence-corrected chi connectivity index (χ2v) is 13.0. The Morgan fingerprint density at radius 1 is 0.771 bits per heavy atom. The highest BCUT2D eigenvalue weighted by molar-refractivity contribution is 8.10. The van der Waals surface area contributed by atoms with E-state index in [4.69, 9.17) is 0 Å². The van der Waals surface area contributed by atoms with Gasteiger partial charge in [0.25, 0.3) is 0 Å². The van der Waals surface area contributed by atoms with Crippen molar-refractivity contribution in [2.45, 2.75) is 53.3 Å². The van der Waals surface area contributed by atoms with Gasteiger partial charge in [0.2, 0.25) is 19.7 Å². The van der Waals surface area contributed by atoms with Crippen LogP contribution in [0.25, 0.3) is 0 Å². The van der Waals surface area contributed by atoms with Gasteiger partial charge in [0.15, 0.2) is 0 Å². The predicted molar refractivity (Wildman–Crippen MR) is 137 cm³/mol. The van der Waals surface area contributed by atoms with Gasteiger partial charge in [-0.05, 0) is 43.2 Å². The number of unbranched alkanes of at least 4 members (excludes halogenated alkanes) is 1. The zero-order chi connectivity index (χ0) is 25.5. The first kappa shape index (κ1) is 27.0. The first-order valence-corrected chi connectivity index (χ1v) is 14.7. The minimum Gasteiger partial charge on any atom is -0.310 e. The van der Waals surface area contributed by atoms with Gasteiger partial charge in [-0.1, -0.05) is 86.5 Å². The number of nitrogens with one attached hydrogen (secondary N) is 1. The van der Waals surface area contributed by atoms with Crippen LogP contribution >= 0.6 is 0 Å². The molecule has 1 N–H and O–H groups in total. The van der Waals surface area contributed by atoms with Crippen LogP contribution in [0, 0.1) is 5.92 Å². The highest BCUT2D eigenvalue weighted by Crippen LogP contribution is 2.44. The van der Waals surface area contributed by atoms with Crippen molar-refractivity contribution in [2.24, 2.45) is 5.92 Å². The number of rotatable bonds is 12. The summed E-state index contributed by atoms with van der Waals surface area (Å²) in [5.74, 6) is -1.34. The quantitative estimate of drug-likeness (QED) is 0.333. The third-order valence-electron chi connectivity index (χ3n) is 6.20. The number of halogens is 1. The minimum atomic E-state index is -4.94. The summed E-state index contributed by atoms with van der Waals surface area (Å²) in [4.78, 5) is -0.723. The van der Waals surface area contributed by atoms with E-state index in [1.807, 2.05) is 44.2 Å². The molecule has 0 amide bonds. The highest BCUT2D eigenvalue weighted by atomic mass is 32.3. The second-order valence-electron chi connectivity index (χ2n) is 8.60. The molecule has 0 saturated carbocycles. The van der Waals surface area contributed by atoms with Crippen molar-refractivity contribution < 1.29 is 21.2 Å². The van der Waals surface area contributed by atoms with Crippen molar-refractivity contribution in [3.8, 4) is 0 Å². The molecule has 0 aliphatic carbocycles. The lowest BCUT2D eigenvalue weighted by molar-refractivity contribution is 0.228. The van der Waals surface area contributed by atoms with Crippen molar-refractivity contribution in [2.75, 3.05) is 6.54 Å². The van der Waals surface area contributed by atoms with Crippen molar-refractivity contribution in [1.29, 1.82) is 0 Å². The zero-order valence-corrected chi connectivity index (χ0v) is 21.6. The van der Waals surface area contributed by atoms with Gasteiger partial charge >= 0.3 is 4.33 Å². The molecule has 8 heteroatoms. The molecule has 0 saturated heterocycles. The molecule has 3 aromatic rings. The van der Waals surface area contributed by atoms with E-state index in [9.17, 15) is 16.8 Å². The molecule has 0 unspecified atom stereocenters. The maximum atomic E-state index is 17.3. The van der Waals surface area contributed by atoms with Gasteiger partial charge in [-0.3, -0.25) is 0 Å². The summed E-state index contributed by atoms with van der Waals surface area (Å²) in [6, 6.07) is 23.2. The fourth-order valence-corrected chi connectivity index (χ4v) is 8.82. The van der Waals surface area contributed by atoms with E-state index in [0.29, 0.717) is 12.8 Å². The Morgan fingerprint density at radius 2 is 1.20 bits per heavy atom. The molecule has 0 aliphatic heterocycles. The van der Waals surface area contributed by atoms with Crippen LogP contribution in [-0.4, -0.2) is 27.7 Å². The van der Waals surface area contributed by atoms with Gasteiger partial charge in [-0.25, -0.2) is 21.2 Å². The third kappa shape index (κ3) is 5.50. The van der Waals surface area contributed by atoms with Gasteiger partial charge in [0, 0.05) is 18.5 Å². The fourth-order valence-electron chi connectivity index (χ4n) is 4.13. The number of sulfone groups is 2. The van der Waals surface area contributed by atoms with Crippen molar-refractivity contribution in [3.05, 3.63) is 96.6 Å². The van der Waals surface area contributed by atoms with Crippen LogP contribution in [0.4, 0.5) is 4.39 Å². The number of hydrogen-bond acceptors (Lipinski definition) is 5. The Kier molecular flexibility index (Phi) is 8.85. The Hall–Kier alpha value is -2.55. The maximum absolute atomic E-state index is 17.3. The average molecular weight is 518 g/mol. The van der Waals surface area contributed by atoms with Crippen LogP contribution < -0.4 is 5.32 Å². The van der Waals surface area contributed by atoms with Gasteiger partial charge in [-0.15, -0.1) is 0 Å². The van der Waals surface area contributed by atoms with Gasteiger partial charge < -0.3 is 5.32 Å². The minimum absolute atomic E-state index is 0.0830. The lowest BCUT2D eigenvalue weighted by Gasteiger charge is -2.34. The molecule has 0 heterocycles. The van der Waals surface area contributed by atoms with Crippen LogP contribution in [0.1, 0.15) is 44.7 Å². The Morgan fingerprint density at radius 3 is 1.63 bits per heavy atom. The average Bonchev–Trinajstić information content (AvgIpc) is 2.89. The molecule has 188 valence electrons. The molecule has 0 aliphatic rings. The van der Waals surface area contributed by atoms with Crippen LogP contribution in [0.2, 0.25) is 0 Å². The number of hydrogen-bond donors (Lipinski definition) is 1. The highest BCUT2D eigenvalue weighted by Gasteiger charge is 2.61. The molecular weight excluding hydrogens is 485 g/mol. The molecule has 2 atom stereocenters. The van der Waals surface area contributed by atoms with Crippen molar-refractivity contribution in [1.82, 2.24) is 5.32 Å². The summed E-state index contributed by atoms with van der Waals surface area (Å²) in [6.07, 6.45) is 1.23. The molecule has 0 fully saturated rings. The molecular formula is C27H32FNO4S2. The van der Waals surface area contributed by atoms with Crippen LogP contribution in [0.3, 0.4) is 0 Å². The summed E-state index contributed by atoms with van der Waals surface area (Å²) >= 11 is 0. The second kappa shape index (κ2) is 11.5. The normalized spacial score (nSPS) is 14.4. The Labute approximate surface area is 208 Å². The lowest BCUT2D eigenvalue weighted by Crippen LogP contribution is -2.52. The monoisotopic (exact) mass is 517 g/mol. The van der Waals surface area contributed by atoms with Crippen molar-refractivity contribution >= 4 is 19.7 Å². The van der Waals surface area contributed by atoms with Gasteiger partial charge in [0.05, 0.1) is 9.79 Å². The molecule has 0 radical (unpaired) electrons. The number of benzene rings is 3. The van der Waals surface area contributed by atoms with Crippen LogP contribution in [-0.2, 0) is 19.7 Å². The summed E-state index contributed by atoms with van der Waals surface area (Å²) in [5, 5.41) is 3.19. The van der Waals surface area contributed by atoms with Crippen LogP contribution in [0.15, 0.2) is 101 Å². The summed E-state index contributed by atoms with van der Waals surface area (Å²) in [5.41, 5.74) is 0.933. The van der Waals surface area contributed by atoms with E-state index in [-0.39, 0.29) is 28.8 Å². The molecule has 0 spiro atoms. The molecule has 3 rings (SSSR count). The topological polar surface area (TPSA) is 80.3 Å². The first-order chi connectivity index (χ1) is 16.7. The largest absolute Gasteiger partial charge is 0.321 e. The third-order valence-corrected chi connectivity index (χ3v) is 11.4. The summed E-state index contributed by atoms with van der Waals surface area (Å²) < 4.78 is 69.0. The maximum Gasteiger partial charge on any atom is 0.321 e. The predicted octanol–water partition coefficient (Wildman–Crippen LogP) is 5.71. The molecule has 35 heavy (non-hydrogen) atoms. The Bertz CT molecular complexity index is 1210. The smallest absolute Gasteiger partial charge is 0.310 e. The summed E-state index contributed by atoms with van der Waals surface area (Å²) in [6.45, 7) is 3.64. The van der Waals surface area contributed by atoms with Crippen molar-refractivity contribution in [3.63, 3.8) is 0 Å². The standard InChI is InChI=1S/C27H32FNO4S2/c1-3-4-16-24(21-29-22(2)23-14-8-5-9-15-23)27(28,34(30,31)25-17-10-6-11-18-25)35(32,33)26-19-12-7-13-20-26/h5-15,17-20,22,24,29H,3-4,16,21H2,1-2H3/t22-,24+/m0/s1. The lowest BCUT2D eigenvalue weighted by atomic mass is 10.0. The molecule has 0 bridgehead atoms. The molecule has 0 aromatic heterocycles. The van der Waals surface area contributed by atoms with E-state index in [2.05, 4.69) is 5.32 Å². The van der Waals surface area contributed by atoms with Crippen LogP contribution in [0.5, 0.6) is 0 Å². The fraction of sp³-hybridized carbons (Fsp3) is 0.333. The SMILES string of the molecule is CCCC[C@H](CN[C@@H](C)c1ccccc1)C(F)(S(=O)(=O)c1ccccc1)S(=O)(=O)c1ccccc1. The molecule has 3 aromatic carbocycles.